The maximum absolute atomic E-state index is 11.3. The summed E-state index contributed by atoms with van der Waals surface area (Å²) in [4.78, 5) is 11.3. The van der Waals surface area contributed by atoms with E-state index in [-0.39, 0.29) is 5.91 Å². The number of rotatable bonds is 1. The molecule has 0 saturated carbocycles. The van der Waals surface area contributed by atoms with Gasteiger partial charge in [0.05, 0.1) is 0 Å². The average Bonchev–Trinajstić information content (AvgIpc) is 2.64. The summed E-state index contributed by atoms with van der Waals surface area (Å²) in [7, 11) is 0. The second kappa shape index (κ2) is 3.48. The van der Waals surface area contributed by atoms with Crippen LogP contribution < -0.4 is 10.6 Å². The van der Waals surface area contributed by atoms with Crippen LogP contribution in [-0.2, 0) is 13.1 Å². The van der Waals surface area contributed by atoms with E-state index in [1.807, 2.05) is 12.1 Å². The molecule has 0 unspecified atom stereocenters. The van der Waals surface area contributed by atoms with E-state index in [4.69, 9.17) is 5.26 Å². The highest BCUT2D eigenvalue weighted by atomic mass is 16.1. The first-order valence-electron chi connectivity index (χ1n) is 4.33. The molecule has 0 saturated heterocycles. The summed E-state index contributed by atoms with van der Waals surface area (Å²) < 4.78 is 0. The van der Waals surface area contributed by atoms with Crippen LogP contribution in [0.5, 0.6) is 0 Å². The SMILES string of the molecule is N#CNC(=O)c1ccc2c(c1)CNC2. The van der Waals surface area contributed by atoms with Gasteiger partial charge in [0.15, 0.2) is 6.19 Å². The number of fused-ring (bicyclic) bond motifs is 1. The van der Waals surface area contributed by atoms with Gasteiger partial charge in [-0.25, -0.2) is 0 Å². The molecule has 0 spiro atoms. The summed E-state index contributed by atoms with van der Waals surface area (Å²) >= 11 is 0. The van der Waals surface area contributed by atoms with Crippen LogP contribution in [0.25, 0.3) is 0 Å². The van der Waals surface area contributed by atoms with Crippen LogP contribution in [0.2, 0.25) is 0 Å². The van der Waals surface area contributed by atoms with Crippen molar-refractivity contribution in [3.05, 3.63) is 34.9 Å². The van der Waals surface area contributed by atoms with E-state index in [2.05, 4.69) is 10.6 Å². The van der Waals surface area contributed by atoms with E-state index < -0.39 is 0 Å². The molecule has 0 aliphatic carbocycles. The highest BCUT2D eigenvalue weighted by molar-refractivity contribution is 5.95. The van der Waals surface area contributed by atoms with Crippen molar-refractivity contribution in [1.29, 1.82) is 5.26 Å². The van der Waals surface area contributed by atoms with Crippen molar-refractivity contribution in [3.63, 3.8) is 0 Å². The Morgan fingerprint density at radius 2 is 2.21 bits per heavy atom. The van der Waals surface area contributed by atoms with Gasteiger partial charge in [-0.2, -0.15) is 5.26 Å². The van der Waals surface area contributed by atoms with Gasteiger partial charge in [0.25, 0.3) is 5.91 Å². The highest BCUT2D eigenvalue weighted by Gasteiger charge is 2.12. The Morgan fingerprint density at radius 3 is 3.00 bits per heavy atom. The van der Waals surface area contributed by atoms with Crippen LogP contribution in [-0.4, -0.2) is 5.91 Å². The minimum absolute atomic E-state index is 0.345. The first-order chi connectivity index (χ1) is 6.81. The van der Waals surface area contributed by atoms with E-state index in [1.165, 1.54) is 5.56 Å². The normalized spacial score (nSPS) is 13.1. The van der Waals surface area contributed by atoms with Crippen molar-refractivity contribution in [2.75, 3.05) is 0 Å². The third-order valence-electron chi connectivity index (χ3n) is 2.27. The number of carbonyl (C=O) groups is 1. The number of carbonyl (C=O) groups excluding carboxylic acids is 1. The number of nitrogens with one attached hydrogen (secondary N) is 2. The van der Waals surface area contributed by atoms with E-state index in [9.17, 15) is 4.79 Å². The fraction of sp³-hybridized carbons (Fsp3) is 0.200. The molecule has 14 heavy (non-hydrogen) atoms. The smallest absolute Gasteiger partial charge is 0.264 e. The van der Waals surface area contributed by atoms with Gasteiger partial charge in [-0.3, -0.25) is 10.1 Å². The molecule has 2 N–H and O–H groups in total. The molecule has 0 fully saturated rings. The molecule has 1 aromatic carbocycles. The Balaban J connectivity index is 2.29. The number of nitriles is 1. The molecule has 2 rings (SSSR count). The summed E-state index contributed by atoms with van der Waals surface area (Å²) in [5, 5.41) is 13.6. The van der Waals surface area contributed by atoms with Gasteiger partial charge in [-0.05, 0) is 23.3 Å². The van der Waals surface area contributed by atoms with E-state index in [1.54, 1.807) is 12.3 Å². The number of nitrogens with zero attached hydrogens (tertiary/aromatic N) is 1. The van der Waals surface area contributed by atoms with Crippen molar-refractivity contribution < 1.29 is 4.79 Å². The maximum atomic E-state index is 11.3. The molecule has 1 aromatic rings. The summed E-state index contributed by atoms with van der Waals surface area (Å²) in [6.07, 6.45) is 1.62. The quantitative estimate of drug-likeness (QED) is 0.497. The molecule has 0 bridgehead atoms. The van der Waals surface area contributed by atoms with E-state index in [0.29, 0.717) is 5.56 Å². The molecule has 1 heterocycles. The standard InChI is InChI=1S/C10H9N3O/c11-6-13-10(14)7-1-2-8-4-12-5-9(8)3-7/h1-3,12H,4-5H2,(H,13,14). The first kappa shape index (κ1) is 8.73. The number of hydrogen-bond donors (Lipinski definition) is 2. The zero-order valence-corrected chi connectivity index (χ0v) is 7.50. The second-order valence-corrected chi connectivity index (χ2v) is 3.15. The molecular weight excluding hydrogens is 178 g/mol. The molecule has 1 amide bonds. The summed E-state index contributed by atoms with van der Waals surface area (Å²) in [5.74, 6) is -0.345. The Morgan fingerprint density at radius 1 is 1.43 bits per heavy atom. The lowest BCUT2D eigenvalue weighted by atomic mass is 10.1. The zero-order chi connectivity index (χ0) is 9.97. The predicted octanol–water partition coefficient (Wildman–Crippen LogP) is 0.501. The Kier molecular flexibility index (Phi) is 2.17. The van der Waals surface area contributed by atoms with Crippen molar-refractivity contribution in [2.45, 2.75) is 13.1 Å². The lowest BCUT2D eigenvalue weighted by Gasteiger charge is -2.01. The van der Waals surface area contributed by atoms with Gasteiger partial charge in [0.1, 0.15) is 0 Å². The van der Waals surface area contributed by atoms with Crippen LogP contribution in [0.4, 0.5) is 0 Å². The third kappa shape index (κ3) is 1.45. The summed E-state index contributed by atoms with van der Waals surface area (Å²) in [6.45, 7) is 1.65. The highest BCUT2D eigenvalue weighted by Crippen LogP contribution is 2.16. The number of hydrogen-bond acceptors (Lipinski definition) is 3. The largest absolute Gasteiger partial charge is 0.309 e. The van der Waals surface area contributed by atoms with Gasteiger partial charge < -0.3 is 5.32 Å². The maximum Gasteiger partial charge on any atom is 0.264 e. The van der Waals surface area contributed by atoms with Crippen LogP contribution in [0.1, 0.15) is 21.5 Å². The first-order valence-corrected chi connectivity index (χ1v) is 4.33. The Labute approximate surface area is 81.5 Å². The molecule has 1 aliphatic heterocycles. The predicted molar refractivity (Wildman–Crippen MR) is 50.1 cm³/mol. The Bertz CT molecular complexity index is 420. The van der Waals surface area contributed by atoms with Gasteiger partial charge in [-0.15, -0.1) is 0 Å². The van der Waals surface area contributed by atoms with Gasteiger partial charge in [-0.1, -0.05) is 6.07 Å². The monoisotopic (exact) mass is 187 g/mol. The fourth-order valence-corrected chi connectivity index (χ4v) is 1.56. The van der Waals surface area contributed by atoms with Gasteiger partial charge in [0, 0.05) is 18.7 Å². The molecule has 0 radical (unpaired) electrons. The molecule has 0 aromatic heterocycles. The van der Waals surface area contributed by atoms with Crippen LogP contribution in [0.3, 0.4) is 0 Å². The van der Waals surface area contributed by atoms with Crippen LogP contribution in [0, 0.1) is 11.5 Å². The topological polar surface area (TPSA) is 64.9 Å². The van der Waals surface area contributed by atoms with Crippen LogP contribution >= 0.6 is 0 Å². The van der Waals surface area contributed by atoms with Crippen molar-refractivity contribution in [1.82, 2.24) is 10.6 Å². The minimum atomic E-state index is -0.345. The minimum Gasteiger partial charge on any atom is -0.309 e. The van der Waals surface area contributed by atoms with Gasteiger partial charge >= 0.3 is 0 Å². The van der Waals surface area contributed by atoms with Crippen molar-refractivity contribution >= 4 is 5.91 Å². The lowest BCUT2D eigenvalue weighted by molar-refractivity contribution is 0.0973. The van der Waals surface area contributed by atoms with Crippen LogP contribution in [0.15, 0.2) is 18.2 Å². The Hall–Kier alpha value is -1.86. The molecular formula is C10H9N3O. The molecule has 70 valence electrons. The molecule has 0 atom stereocenters. The third-order valence-corrected chi connectivity index (χ3v) is 2.27. The van der Waals surface area contributed by atoms with Crippen molar-refractivity contribution in [2.24, 2.45) is 0 Å². The molecule has 4 nitrogen and oxygen atoms in total. The zero-order valence-electron chi connectivity index (χ0n) is 7.50. The fourth-order valence-electron chi connectivity index (χ4n) is 1.56. The van der Waals surface area contributed by atoms with E-state index >= 15 is 0 Å². The molecule has 1 aliphatic rings. The average molecular weight is 187 g/mol. The van der Waals surface area contributed by atoms with E-state index in [0.717, 1.165) is 18.7 Å². The second-order valence-electron chi connectivity index (χ2n) is 3.15. The number of benzene rings is 1. The lowest BCUT2D eigenvalue weighted by Crippen LogP contribution is -2.17. The molecule has 4 heteroatoms. The van der Waals surface area contributed by atoms with Crippen molar-refractivity contribution in [3.8, 4) is 6.19 Å². The summed E-state index contributed by atoms with van der Waals surface area (Å²) in [5.41, 5.74) is 2.89. The number of amides is 1. The van der Waals surface area contributed by atoms with Gasteiger partial charge in [0.2, 0.25) is 0 Å². The summed E-state index contributed by atoms with van der Waals surface area (Å²) in [6, 6.07) is 5.47.